The zero-order chi connectivity index (χ0) is 14.0. The van der Waals surface area contributed by atoms with Gasteiger partial charge in [0.2, 0.25) is 0 Å². The van der Waals surface area contributed by atoms with E-state index < -0.39 is 0 Å². The summed E-state index contributed by atoms with van der Waals surface area (Å²) in [7, 11) is 3.11. The maximum atomic E-state index is 14.2. The Morgan fingerprint density at radius 3 is 2.26 bits per heavy atom. The SMILES string of the molecule is COc1c(C)c(C2CCCCN2)c(OC)c(C)c1F. The monoisotopic (exact) mass is 267 g/mol. The van der Waals surface area contributed by atoms with Crippen molar-refractivity contribution in [3.05, 3.63) is 22.5 Å². The van der Waals surface area contributed by atoms with Gasteiger partial charge < -0.3 is 14.8 Å². The second kappa shape index (κ2) is 5.78. The average Bonchev–Trinajstić information content (AvgIpc) is 2.44. The molecule has 1 aromatic carbocycles. The Labute approximate surface area is 114 Å². The molecule has 2 rings (SSSR count). The predicted molar refractivity (Wildman–Crippen MR) is 73.6 cm³/mol. The van der Waals surface area contributed by atoms with Gasteiger partial charge in [-0.05, 0) is 33.2 Å². The van der Waals surface area contributed by atoms with Crippen molar-refractivity contribution < 1.29 is 13.9 Å². The Balaban J connectivity index is 2.59. The lowest BCUT2D eigenvalue weighted by molar-refractivity contribution is 0.349. The maximum absolute atomic E-state index is 14.2. The fourth-order valence-corrected chi connectivity index (χ4v) is 2.95. The number of hydrogen-bond acceptors (Lipinski definition) is 3. The Hall–Kier alpha value is -1.29. The molecule has 1 unspecified atom stereocenters. The third kappa shape index (κ3) is 2.41. The van der Waals surface area contributed by atoms with Crippen LogP contribution in [0, 0.1) is 19.7 Å². The Kier molecular flexibility index (Phi) is 4.30. The van der Waals surface area contributed by atoms with Crippen molar-refractivity contribution >= 4 is 0 Å². The smallest absolute Gasteiger partial charge is 0.171 e. The van der Waals surface area contributed by atoms with Crippen LogP contribution in [0.2, 0.25) is 0 Å². The van der Waals surface area contributed by atoms with Gasteiger partial charge in [0.05, 0.1) is 14.2 Å². The molecule has 1 atom stereocenters. The first kappa shape index (κ1) is 14.1. The minimum Gasteiger partial charge on any atom is -0.496 e. The summed E-state index contributed by atoms with van der Waals surface area (Å²) in [5.74, 6) is 0.660. The standard InChI is InChI=1S/C15H22FNO2/c1-9-12(11-7-5-6-8-17-11)14(18-3)10(2)13(16)15(9)19-4/h11,17H,5-8H2,1-4H3. The first-order valence-corrected chi connectivity index (χ1v) is 6.75. The van der Waals surface area contributed by atoms with Crippen molar-refractivity contribution in [3.63, 3.8) is 0 Å². The topological polar surface area (TPSA) is 30.5 Å². The largest absolute Gasteiger partial charge is 0.496 e. The molecule has 0 bridgehead atoms. The summed E-state index contributed by atoms with van der Waals surface area (Å²) in [5, 5.41) is 3.49. The van der Waals surface area contributed by atoms with Crippen molar-refractivity contribution in [3.8, 4) is 11.5 Å². The summed E-state index contributed by atoms with van der Waals surface area (Å²) in [6.45, 7) is 4.63. The van der Waals surface area contributed by atoms with Crippen LogP contribution < -0.4 is 14.8 Å². The number of methoxy groups -OCH3 is 2. The fraction of sp³-hybridized carbons (Fsp3) is 0.600. The molecular weight excluding hydrogens is 245 g/mol. The van der Waals surface area contributed by atoms with E-state index in [0.717, 1.165) is 24.1 Å². The van der Waals surface area contributed by atoms with Crippen LogP contribution in [0.3, 0.4) is 0 Å². The molecule has 0 amide bonds. The van der Waals surface area contributed by atoms with Crippen LogP contribution in [0.1, 0.15) is 42.0 Å². The number of rotatable bonds is 3. The maximum Gasteiger partial charge on any atom is 0.171 e. The molecule has 0 aromatic heterocycles. The summed E-state index contributed by atoms with van der Waals surface area (Å²) in [4.78, 5) is 0. The van der Waals surface area contributed by atoms with E-state index in [4.69, 9.17) is 9.47 Å². The number of hydrogen-bond donors (Lipinski definition) is 1. The van der Waals surface area contributed by atoms with Gasteiger partial charge in [0.15, 0.2) is 11.6 Å². The number of piperidine rings is 1. The van der Waals surface area contributed by atoms with Gasteiger partial charge >= 0.3 is 0 Å². The van der Waals surface area contributed by atoms with Gasteiger partial charge in [-0.3, -0.25) is 0 Å². The average molecular weight is 267 g/mol. The molecule has 1 aliphatic heterocycles. The van der Waals surface area contributed by atoms with Crippen molar-refractivity contribution in [1.29, 1.82) is 0 Å². The van der Waals surface area contributed by atoms with Gasteiger partial charge in [0.1, 0.15) is 5.75 Å². The minimum absolute atomic E-state index is 0.219. The molecule has 1 N–H and O–H groups in total. The number of nitrogens with one attached hydrogen (secondary N) is 1. The summed E-state index contributed by atoms with van der Waals surface area (Å²) >= 11 is 0. The Morgan fingerprint density at radius 2 is 1.74 bits per heavy atom. The highest BCUT2D eigenvalue weighted by molar-refractivity contribution is 5.55. The van der Waals surface area contributed by atoms with Crippen molar-refractivity contribution in [2.75, 3.05) is 20.8 Å². The normalized spacial score (nSPS) is 19.3. The zero-order valence-electron chi connectivity index (χ0n) is 12.1. The fourth-order valence-electron chi connectivity index (χ4n) is 2.95. The van der Waals surface area contributed by atoms with Crippen molar-refractivity contribution in [2.24, 2.45) is 0 Å². The van der Waals surface area contributed by atoms with Gasteiger partial charge in [-0.25, -0.2) is 4.39 Å². The minimum atomic E-state index is -0.323. The molecule has 4 heteroatoms. The molecular formula is C15H22FNO2. The quantitative estimate of drug-likeness (QED) is 0.911. The summed E-state index contributed by atoms with van der Waals surface area (Å²) in [5.41, 5.74) is 2.40. The molecule has 0 radical (unpaired) electrons. The zero-order valence-corrected chi connectivity index (χ0v) is 12.1. The van der Waals surface area contributed by atoms with Gasteiger partial charge in [0, 0.05) is 22.7 Å². The molecule has 0 spiro atoms. The molecule has 1 fully saturated rings. The van der Waals surface area contributed by atoms with E-state index >= 15 is 0 Å². The highest BCUT2D eigenvalue weighted by Gasteiger charge is 2.27. The van der Waals surface area contributed by atoms with E-state index in [0.29, 0.717) is 17.1 Å². The number of benzene rings is 1. The second-order valence-electron chi connectivity index (χ2n) is 5.05. The third-order valence-electron chi connectivity index (χ3n) is 3.93. The molecule has 1 aromatic rings. The van der Waals surface area contributed by atoms with Gasteiger partial charge in [0.25, 0.3) is 0 Å². The summed E-state index contributed by atoms with van der Waals surface area (Å²) in [6.07, 6.45) is 3.42. The summed E-state index contributed by atoms with van der Waals surface area (Å²) in [6, 6.07) is 0.219. The van der Waals surface area contributed by atoms with E-state index in [1.54, 1.807) is 14.0 Å². The van der Waals surface area contributed by atoms with Gasteiger partial charge in [-0.15, -0.1) is 0 Å². The predicted octanol–water partition coefficient (Wildman–Crippen LogP) is 3.27. The first-order valence-electron chi connectivity index (χ1n) is 6.75. The van der Waals surface area contributed by atoms with Crippen LogP contribution in [-0.4, -0.2) is 20.8 Å². The van der Waals surface area contributed by atoms with Crippen LogP contribution in [-0.2, 0) is 0 Å². The van der Waals surface area contributed by atoms with Crippen molar-refractivity contribution in [2.45, 2.75) is 39.2 Å². The van der Waals surface area contributed by atoms with E-state index in [2.05, 4.69) is 5.32 Å². The molecule has 1 saturated heterocycles. The highest BCUT2D eigenvalue weighted by Crippen LogP contribution is 2.41. The second-order valence-corrected chi connectivity index (χ2v) is 5.05. The van der Waals surface area contributed by atoms with Gasteiger partial charge in [-0.2, -0.15) is 0 Å². The van der Waals surface area contributed by atoms with Crippen LogP contribution in [0.5, 0.6) is 11.5 Å². The summed E-state index contributed by atoms with van der Waals surface area (Å²) < 4.78 is 24.9. The van der Waals surface area contributed by atoms with E-state index in [1.807, 2.05) is 6.92 Å². The highest BCUT2D eigenvalue weighted by atomic mass is 19.1. The molecule has 106 valence electrons. The van der Waals surface area contributed by atoms with Crippen LogP contribution in [0.4, 0.5) is 4.39 Å². The van der Waals surface area contributed by atoms with Gasteiger partial charge in [-0.1, -0.05) is 6.42 Å². The lowest BCUT2D eigenvalue weighted by Gasteiger charge is -2.28. The molecule has 0 aliphatic carbocycles. The molecule has 0 saturated carbocycles. The number of ether oxygens (including phenoxy) is 2. The molecule has 19 heavy (non-hydrogen) atoms. The van der Waals surface area contributed by atoms with Crippen LogP contribution in [0.15, 0.2) is 0 Å². The van der Waals surface area contributed by atoms with Crippen molar-refractivity contribution in [1.82, 2.24) is 5.32 Å². The van der Waals surface area contributed by atoms with Crippen LogP contribution in [0.25, 0.3) is 0 Å². The van der Waals surface area contributed by atoms with E-state index in [-0.39, 0.29) is 11.9 Å². The molecule has 1 heterocycles. The van der Waals surface area contributed by atoms with E-state index in [9.17, 15) is 4.39 Å². The van der Waals surface area contributed by atoms with E-state index in [1.165, 1.54) is 20.0 Å². The lowest BCUT2D eigenvalue weighted by Crippen LogP contribution is -2.28. The lowest BCUT2D eigenvalue weighted by atomic mass is 9.90. The Morgan fingerprint density at radius 1 is 1.05 bits per heavy atom. The number of halogens is 1. The first-order chi connectivity index (χ1) is 9.11. The van der Waals surface area contributed by atoms with Crippen LogP contribution >= 0.6 is 0 Å². The molecule has 3 nitrogen and oxygen atoms in total. The Bertz CT molecular complexity index is 468. The third-order valence-corrected chi connectivity index (χ3v) is 3.93. The molecule has 1 aliphatic rings.